The predicted octanol–water partition coefficient (Wildman–Crippen LogP) is 4.59. The molecule has 1 atom stereocenters. The van der Waals surface area contributed by atoms with Crippen LogP contribution in [0.25, 0.3) is 0 Å². The molecule has 0 aliphatic carbocycles. The van der Waals surface area contributed by atoms with Crippen LogP contribution in [0.4, 0.5) is 5.69 Å². The van der Waals surface area contributed by atoms with Crippen molar-refractivity contribution in [3.8, 4) is 0 Å². The summed E-state index contributed by atoms with van der Waals surface area (Å²) in [6, 6.07) is 11.8. The second-order valence-corrected chi connectivity index (χ2v) is 7.55. The molecule has 1 N–H and O–H groups in total. The zero-order valence-electron chi connectivity index (χ0n) is 9.97. The molecule has 1 unspecified atom stereocenters. The van der Waals surface area contributed by atoms with Gasteiger partial charge >= 0.3 is 0 Å². The fraction of sp³-hybridized carbons (Fsp3) is 0. The first-order valence-electron chi connectivity index (χ1n) is 5.62. The molecule has 0 saturated carbocycles. The van der Waals surface area contributed by atoms with Crippen LogP contribution in [0.1, 0.15) is 0 Å². The highest BCUT2D eigenvalue weighted by atomic mass is 35.5. The zero-order valence-corrected chi connectivity index (χ0v) is 13.1. The van der Waals surface area contributed by atoms with Gasteiger partial charge in [-0.2, -0.15) is 4.36 Å². The van der Waals surface area contributed by atoms with Gasteiger partial charge in [-0.15, -0.1) is 0 Å². The van der Waals surface area contributed by atoms with Gasteiger partial charge in [-0.1, -0.05) is 23.2 Å². The lowest BCUT2D eigenvalue weighted by Gasteiger charge is -2.20. The molecule has 102 valence electrons. The van der Waals surface area contributed by atoms with Crippen molar-refractivity contribution in [1.82, 2.24) is 0 Å². The van der Waals surface area contributed by atoms with Gasteiger partial charge in [-0.3, -0.25) is 0 Å². The van der Waals surface area contributed by atoms with Crippen LogP contribution in [0.15, 0.2) is 56.6 Å². The van der Waals surface area contributed by atoms with E-state index in [1.165, 1.54) is 0 Å². The number of rotatable bonds is 1. The lowest BCUT2D eigenvalue weighted by atomic mass is 10.3. The molecule has 7 heteroatoms. The molecule has 0 radical (unpaired) electrons. The molecule has 1 aliphatic rings. The fourth-order valence-electron chi connectivity index (χ4n) is 1.93. The molecule has 2 aromatic carbocycles. The minimum absolute atomic E-state index is 0.194. The molecular weight excluding hydrogens is 335 g/mol. The van der Waals surface area contributed by atoms with Gasteiger partial charge in [0.05, 0.1) is 15.5 Å². The number of thiocarbonyl (C=S) groups is 1. The van der Waals surface area contributed by atoms with Crippen LogP contribution in [0.5, 0.6) is 0 Å². The summed E-state index contributed by atoms with van der Waals surface area (Å²) < 4.78 is 17.5. The van der Waals surface area contributed by atoms with Crippen molar-refractivity contribution in [2.75, 3.05) is 5.32 Å². The molecule has 0 bridgehead atoms. The maximum atomic E-state index is 13.3. The third kappa shape index (κ3) is 2.31. The van der Waals surface area contributed by atoms with Gasteiger partial charge in [0, 0.05) is 10.0 Å². The third-order valence-electron chi connectivity index (χ3n) is 2.83. The molecule has 0 aromatic heterocycles. The van der Waals surface area contributed by atoms with Crippen molar-refractivity contribution in [2.24, 2.45) is 4.36 Å². The minimum Gasteiger partial charge on any atom is -0.329 e. The van der Waals surface area contributed by atoms with Crippen LogP contribution in [-0.2, 0) is 9.73 Å². The molecule has 20 heavy (non-hydrogen) atoms. The van der Waals surface area contributed by atoms with Crippen molar-refractivity contribution in [3.63, 3.8) is 0 Å². The molecule has 0 fully saturated rings. The number of benzene rings is 2. The highest BCUT2D eigenvalue weighted by molar-refractivity contribution is 7.95. The lowest BCUT2D eigenvalue weighted by molar-refractivity contribution is 0.677. The Morgan fingerprint density at radius 2 is 1.70 bits per heavy atom. The lowest BCUT2D eigenvalue weighted by Crippen LogP contribution is -2.19. The van der Waals surface area contributed by atoms with E-state index in [0.29, 0.717) is 25.5 Å². The van der Waals surface area contributed by atoms with Gasteiger partial charge in [-0.05, 0) is 54.7 Å². The van der Waals surface area contributed by atoms with Crippen molar-refractivity contribution in [3.05, 3.63) is 52.5 Å². The van der Waals surface area contributed by atoms with Crippen LogP contribution in [0, 0.1) is 0 Å². The van der Waals surface area contributed by atoms with E-state index >= 15 is 0 Å². The van der Waals surface area contributed by atoms with Gasteiger partial charge in [0.2, 0.25) is 5.11 Å². The molecule has 3 rings (SSSR count). The highest BCUT2D eigenvalue weighted by Crippen LogP contribution is 2.35. The Morgan fingerprint density at radius 3 is 2.40 bits per heavy atom. The Balaban J connectivity index is 2.31. The maximum Gasteiger partial charge on any atom is 0.206 e. The Hall–Kier alpha value is -1.14. The van der Waals surface area contributed by atoms with Crippen LogP contribution in [0.3, 0.4) is 0 Å². The summed E-state index contributed by atoms with van der Waals surface area (Å²) in [5.41, 5.74) is 0.661. The summed E-state index contributed by atoms with van der Waals surface area (Å²) in [6.07, 6.45) is 0. The van der Waals surface area contributed by atoms with E-state index in [1.54, 1.807) is 42.5 Å². The van der Waals surface area contributed by atoms with E-state index in [-0.39, 0.29) is 5.11 Å². The summed E-state index contributed by atoms with van der Waals surface area (Å²) in [5.74, 6) is 0. The minimum atomic E-state index is -2.84. The first-order chi connectivity index (χ1) is 9.49. The fourth-order valence-corrected chi connectivity index (χ4v) is 4.66. The zero-order chi connectivity index (χ0) is 14.3. The van der Waals surface area contributed by atoms with Crippen LogP contribution in [0.2, 0.25) is 10.0 Å². The number of hydrogen-bond acceptors (Lipinski definition) is 2. The SMILES string of the molecule is O=S1(c2ccc(Cl)cc2)=NC(=S)Nc2ccc(Cl)cc21. The van der Waals surface area contributed by atoms with E-state index in [1.807, 2.05) is 0 Å². The van der Waals surface area contributed by atoms with Crippen molar-refractivity contribution in [2.45, 2.75) is 9.79 Å². The van der Waals surface area contributed by atoms with Gasteiger partial charge in [-0.25, -0.2) is 4.21 Å². The smallest absolute Gasteiger partial charge is 0.206 e. The standard InChI is InChI=1S/C13H8Cl2N2OS2/c14-8-1-4-10(5-2-8)20(18)12-7-9(15)3-6-11(12)16-13(19)17-20/h1-7H,(H,16,17,18,19). The molecule has 2 aromatic rings. The van der Waals surface area contributed by atoms with E-state index in [4.69, 9.17) is 35.4 Å². The van der Waals surface area contributed by atoms with Crippen molar-refractivity contribution < 1.29 is 4.21 Å². The second-order valence-electron chi connectivity index (χ2n) is 4.14. The van der Waals surface area contributed by atoms with E-state index in [2.05, 4.69) is 9.68 Å². The maximum absolute atomic E-state index is 13.3. The average molecular weight is 343 g/mol. The number of hydrogen-bond donors (Lipinski definition) is 1. The number of nitrogens with zero attached hydrogens (tertiary/aromatic N) is 1. The van der Waals surface area contributed by atoms with Gasteiger partial charge < -0.3 is 5.32 Å². The number of halogens is 2. The van der Waals surface area contributed by atoms with Crippen LogP contribution >= 0.6 is 35.4 Å². The molecular formula is C13H8Cl2N2OS2. The molecule has 0 amide bonds. The van der Waals surface area contributed by atoms with Crippen LogP contribution in [-0.4, -0.2) is 9.32 Å². The molecule has 1 aliphatic heterocycles. The third-order valence-corrected chi connectivity index (χ3v) is 5.91. The monoisotopic (exact) mass is 342 g/mol. The van der Waals surface area contributed by atoms with Gasteiger partial charge in [0.25, 0.3) is 0 Å². The van der Waals surface area contributed by atoms with Crippen molar-refractivity contribution >= 4 is 55.9 Å². The average Bonchev–Trinajstić information content (AvgIpc) is 2.40. The summed E-state index contributed by atoms with van der Waals surface area (Å²) >= 11 is 16.9. The number of anilines is 1. The largest absolute Gasteiger partial charge is 0.329 e. The van der Waals surface area contributed by atoms with E-state index in [0.717, 1.165) is 0 Å². The predicted molar refractivity (Wildman–Crippen MR) is 86.2 cm³/mol. The number of nitrogens with one attached hydrogen (secondary N) is 1. The van der Waals surface area contributed by atoms with E-state index < -0.39 is 9.73 Å². The Bertz CT molecular complexity index is 825. The van der Waals surface area contributed by atoms with E-state index in [9.17, 15) is 4.21 Å². The summed E-state index contributed by atoms with van der Waals surface area (Å²) in [6.45, 7) is 0. The quantitative estimate of drug-likeness (QED) is 0.770. The second kappa shape index (κ2) is 5.00. The summed E-state index contributed by atoms with van der Waals surface area (Å²) in [7, 11) is -2.84. The molecule has 0 spiro atoms. The molecule has 1 heterocycles. The Kier molecular flexibility index (Phi) is 3.46. The first kappa shape index (κ1) is 13.8. The summed E-state index contributed by atoms with van der Waals surface area (Å²) in [4.78, 5) is 1.08. The Labute approximate surface area is 132 Å². The van der Waals surface area contributed by atoms with Gasteiger partial charge in [0.1, 0.15) is 9.73 Å². The van der Waals surface area contributed by atoms with Crippen LogP contribution < -0.4 is 5.32 Å². The number of fused-ring (bicyclic) bond motifs is 1. The molecule has 0 saturated heterocycles. The molecule has 3 nitrogen and oxygen atoms in total. The highest BCUT2D eigenvalue weighted by Gasteiger charge is 2.25. The van der Waals surface area contributed by atoms with Crippen molar-refractivity contribution in [1.29, 1.82) is 0 Å². The normalized spacial score (nSPS) is 20.8. The summed E-state index contributed by atoms with van der Waals surface area (Å²) in [5, 5.41) is 4.18. The Morgan fingerprint density at radius 1 is 1.05 bits per heavy atom. The first-order valence-corrected chi connectivity index (χ1v) is 8.30. The van der Waals surface area contributed by atoms with Gasteiger partial charge in [0.15, 0.2) is 0 Å². The topological polar surface area (TPSA) is 41.5 Å².